The van der Waals surface area contributed by atoms with Crippen molar-refractivity contribution in [2.45, 2.75) is 18.9 Å². The van der Waals surface area contributed by atoms with Gasteiger partial charge in [0.1, 0.15) is 5.82 Å². The second-order valence-electron chi connectivity index (χ2n) is 5.27. The van der Waals surface area contributed by atoms with E-state index in [1.165, 1.54) is 12.5 Å². The maximum atomic E-state index is 13.3. The minimum absolute atomic E-state index is 0.107. The molecule has 1 aromatic carbocycles. The number of hydrogen-bond acceptors (Lipinski definition) is 3. The Bertz CT molecular complexity index is 397. The summed E-state index contributed by atoms with van der Waals surface area (Å²) >= 11 is 0. The quantitative estimate of drug-likeness (QED) is 0.888. The Morgan fingerprint density at radius 3 is 3.05 bits per heavy atom. The molecule has 0 saturated carbocycles. The first-order chi connectivity index (χ1) is 9.24. The fourth-order valence-corrected chi connectivity index (χ4v) is 2.96. The van der Waals surface area contributed by atoms with E-state index in [0.717, 1.165) is 31.7 Å². The summed E-state index contributed by atoms with van der Waals surface area (Å²) < 4.78 is 18.6. The lowest BCUT2D eigenvalue weighted by Crippen LogP contribution is -2.42. The van der Waals surface area contributed by atoms with Crippen LogP contribution >= 0.6 is 0 Å². The highest BCUT2D eigenvalue weighted by molar-refractivity contribution is 5.20. The van der Waals surface area contributed by atoms with Crippen LogP contribution in [0.15, 0.2) is 24.3 Å². The first kappa shape index (κ1) is 14.4. The van der Waals surface area contributed by atoms with E-state index >= 15 is 0 Å². The highest BCUT2D eigenvalue weighted by Gasteiger charge is 2.26. The number of piperidine rings is 1. The van der Waals surface area contributed by atoms with Crippen molar-refractivity contribution in [2.24, 2.45) is 11.7 Å². The van der Waals surface area contributed by atoms with Crippen molar-refractivity contribution in [3.05, 3.63) is 35.6 Å². The molecule has 0 amide bonds. The van der Waals surface area contributed by atoms with E-state index in [2.05, 4.69) is 4.90 Å². The van der Waals surface area contributed by atoms with E-state index in [1.807, 2.05) is 6.07 Å². The number of hydrogen-bond donors (Lipinski definition) is 1. The predicted molar refractivity (Wildman–Crippen MR) is 74.4 cm³/mol. The molecule has 1 heterocycles. The van der Waals surface area contributed by atoms with E-state index in [-0.39, 0.29) is 11.9 Å². The number of nitrogens with zero attached hydrogens (tertiary/aromatic N) is 1. The van der Waals surface area contributed by atoms with Crippen molar-refractivity contribution in [1.29, 1.82) is 0 Å². The van der Waals surface area contributed by atoms with Crippen LogP contribution in [0.2, 0.25) is 0 Å². The third-order valence-corrected chi connectivity index (χ3v) is 3.85. The highest BCUT2D eigenvalue weighted by atomic mass is 19.1. The summed E-state index contributed by atoms with van der Waals surface area (Å²) in [5, 5.41) is 0. The largest absolute Gasteiger partial charge is 0.384 e. The normalized spacial score (nSPS) is 22.4. The molecule has 1 fully saturated rings. The molecule has 0 bridgehead atoms. The third-order valence-electron chi connectivity index (χ3n) is 3.85. The minimum atomic E-state index is -0.193. The number of nitrogens with two attached hydrogens (primary N) is 1. The topological polar surface area (TPSA) is 38.5 Å². The van der Waals surface area contributed by atoms with Gasteiger partial charge in [0.15, 0.2) is 0 Å². The number of halogens is 1. The summed E-state index contributed by atoms with van der Waals surface area (Å²) in [5.41, 5.74) is 6.88. The predicted octanol–water partition coefficient (Wildman–Crippen LogP) is 2.18. The maximum absolute atomic E-state index is 13.3. The molecule has 2 atom stereocenters. The Morgan fingerprint density at radius 2 is 2.37 bits per heavy atom. The van der Waals surface area contributed by atoms with Gasteiger partial charge in [-0.3, -0.25) is 4.90 Å². The minimum Gasteiger partial charge on any atom is -0.384 e. The smallest absolute Gasteiger partial charge is 0.123 e. The van der Waals surface area contributed by atoms with Crippen LogP contribution in [0.1, 0.15) is 24.4 Å². The van der Waals surface area contributed by atoms with Gasteiger partial charge in [-0.05, 0) is 43.0 Å². The van der Waals surface area contributed by atoms with Gasteiger partial charge < -0.3 is 10.5 Å². The summed E-state index contributed by atoms with van der Waals surface area (Å²) in [6.07, 6.45) is 2.35. The first-order valence-corrected chi connectivity index (χ1v) is 6.93. The summed E-state index contributed by atoms with van der Waals surface area (Å²) in [6, 6.07) is 6.89. The third kappa shape index (κ3) is 3.75. The Morgan fingerprint density at radius 1 is 1.53 bits per heavy atom. The molecule has 2 rings (SSSR count). The van der Waals surface area contributed by atoms with Crippen molar-refractivity contribution >= 4 is 0 Å². The molecule has 4 heteroatoms. The van der Waals surface area contributed by atoms with Gasteiger partial charge in [0.05, 0.1) is 6.61 Å². The zero-order valence-electron chi connectivity index (χ0n) is 11.5. The van der Waals surface area contributed by atoms with Crippen LogP contribution in [-0.2, 0) is 4.74 Å². The number of benzene rings is 1. The molecule has 2 N–H and O–H groups in total. The molecule has 0 aliphatic carbocycles. The summed E-state index contributed by atoms with van der Waals surface area (Å²) in [5.74, 6) is 0.364. The zero-order chi connectivity index (χ0) is 13.7. The van der Waals surface area contributed by atoms with Crippen LogP contribution in [0, 0.1) is 11.7 Å². The lowest BCUT2D eigenvalue weighted by atomic mass is 9.95. The zero-order valence-corrected chi connectivity index (χ0v) is 11.5. The van der Waals surface area contributed by atoms with Crippen LogP contribution in [0.3, 0.4) is 0 Å². The maximum Gasteiger partial charge on any atom is 0.123 e. The monoisotopic (exact) mass is 266 g/mol. The number of ether oxygens (including phenoxy) is 1. The molecule has 3 nitrogen and oxygen atoms in total. The lowest BCUT2D eigenvalue weighted by Gasteiger charge is -2.38. The molecule has 1 aliphatic rings. The van der Waals surface area contributed by atoms with Crippen LogP contribution in [0.5, 0.6) is 0 Å². The first-order valence-electron chi connectivity index (χ1n) is 6.93. The molecule has 0 spiro atoms. The van der Waals surface area contributed by atoms with Crippen LogP contribution < -0.4 is 5.73 Å². The molecule has 0 aromatic heterocycles. The second-order valence-corrected chi connectivity index (χ2v) is 5.27. The van der Waals surface area contributed by atoms with Crippen molar-refractivity contribution in [1.82, 2.24) is 4.90 Å². The summed E-state index contributed by atoms with van der Waals surface area (Å²) in [4.78, 5) is 2.36. The fraction of sp³-hybridized carbons (Fsp3) is 0.600. The molecule has 1 aliphatic heterocycles. The Balaban J connectivity index is 2.08. The van der Waals surface area contributed by atoms with E-state index in [9.17, 15) is 4.39 Å². The Labute approximate surface area is 114 Å². The molecule has 1 saturated heterocycles. The SMILES string of the molecule is COCC1CCCN(C(CN)c2cccc(F)c2)C1. The van der Waals surface area contributed by atoms with Crippen LogP contribution in [-0.4, -0.2) is 38.3 Å². The molecule has 19 heavy (non-hydrogen) atoms. The molecule has 0 radical (unpaired) electrons. The van der Waals surface area contributed by atoms with Crippen molar-refractivity contribution < 1.29 is 9.13 Å². The molecule has 106 valence electrons. The van der Waals surface area contributed by atoms with E-state index < -0.39 is 0 Å². The second kappa shape index (κ2) is 6.98. The molecular weight excluding hydrogens is 243 g/mol. The van der Waals surface area contributed by atoms with Gasteiger partial charge >= 0.3 is 0 Å². The summed E-state index contributed by atoms with van der Waals surface area (Å²) in [7, 11) is 1.74. The van der Waals surface area contributed by atoms with E-state index in [4.69, 9.17) is 10.5 Å². The van der Waals surface area contributed by atoms with Crippen molar-refractivity contribution in [2.75, 3.05) is 33.4 Å². The fourth-order valence-electron chi connectivity index (χ4n) is 2.96. The van der Waals surface area contributed by atoms with Gasteiger partial charge in [0.2, 0.25) is 0 Å². The van der Waals surface area contributed by atoms with E-state index in [0.29, 0.717) is 12.5 Å². The Hall–Kier alpha value is -0.970. The van der Waals surface area contributed by atoms with Gasteiger partial charge in [-0.25, -0.2) is 4.39 Å². The summed E-state index contributed by atoms with van der Waals surface area (Å²) in [6.45, 7) is 3.31. The van der Waals surface area contributed by atoms with Gasteiger partial charge in [0.25, 0.3) is 0 Å². The van der Waals surface area contributed by atoms with Gasteiger partial charge in [-0.2, -0.15) is 0 Å². The number of rotatable bonds is 5. The van der Waals surface area contributed by atoms with Crippen molar-refractivity contribution in [3.63, 3.8) is 0 Å². The van der Waals surface area contributed by atoms with Crippen molar-refractivity contribution in [3.8, 4) is 0 Å². The van der Waals surface area contributed by atoms with E-state index in [1.54, 1.807) is 19.2 Å². The highest BCUT2D eigenvalue weighted by Crippen LogP contribution is 2.26. The van der Waals surface area contributed by atoms with Crippen LogP contribution in [0.4, 0.5) is 4.39 Å². The van der Waals surface area contributed by atoms with Gasteiger partial charge in [-0.1, -0.05) is 12.1 Å². The van der Waals surface area contributed by atoms with Crippen LogP contribution in [0.25, 0.3) is 0 Å². The molecule has 2 unspecified atom stereocenters. The Kier molecular flexibility index (Phi) is 5.31. The molecule has 1 aromatic rings. The standard InChI is InChI=1S/C15H23FN2O/c1-19-11-12-4-3-7-18(10-12)15(9-17)13-5-2-6-14(16)8-13/h2,5-6,8,12,15H,3-4,7,9-11,17H2,1H3. The average molecular weight is 266 g/mol. The number of methoxy groups -OCH3 is 1. The average Bonchev–Trinajstić information content (AvgIpc) is 2.41. The number of likely N-dealkylation sites (tertiary alicyclic amines) is 1. The molecular formula is C15H23FN2O. The lowest BCUT2D eigenvalue weighted by molar-refractivity contribution is 0.0696. The van der Waals surface area contributed by atoms with Gasteiger partial charge in [0, 0.05) is 26.2 Å². The van der Waals surface area contributed by atoms with Gasteiger partial charge in [-0.15, -0.1) is 0 Å².